The van der Waals surface area contributed by atoms with Gasteiger partial charge in [-0.25, -0.2) is 0 Å². The Balaban J connectivity index is 1.68. The molecule has 1 aliphatic rings. The van der Waals surface area contributed by atoms with Gasteiger partial charge >= 0.3 is 0 Å². The molecule has 0 aliphatic carbocycles. The normalized spacial score (nSPS) is 16.1. The molecule has 0 spiro atoms. The maximum absolute atomic E-state index is 5.95. The molecule has 5 nitrogen and oxygen atoms in total. The zero-order valence-corrected chi connectivity index (χ0v) is 17.2. The molecule has 1 unspecified atom stereocenters. The molecule has 0 bridgehead atoms. The number of methoxy groups -OCH3 is 1. The molecule has 1 N–H and O–H groups in total. The second-order valence-corrected chi connectivity index (χ2v) is 7.34. The van der Waals surface area contributed by atoms with E-state index in [9.17, 15) is 0 Å². The Morgan fingerprint density at radius 3 is 2.43 bits per heavy atom. The highest BCUT2D eigenvalue weighted by Crippen LogP contribution is 2.24. The van der Waals surface area contributed by atoms with E-state index < -0.39 is 0 Å². The lowest BCUT2D eigenvalue weighted by molar-refractivity contribution is 0.0161. The van der Waals surface area contributed by atoms with E-state index in [1.165, 1.54) is 11.1 Å². The molecular weight excluding hydrogens is 352 g/mol. The van der Waals surface area contributed by atoms with Crippen molar-refractivity contribution >= 4 is 0 Å². The quantitative estimate of drug-likeness (QED) is 0.715. The third-order valence-corrected chi connectivity index (χ3v) is 4.98. The highest BCUT2D eigenvalue weighted by atomic mass is 16.5. The molecule has 1 saturated heterocycles. The molecule has 1 heterocycles. The third kappa shape index (κ3) is 5.71. The van der Waals surface area contributed by atoms with Crippen molar-refractivity contribution in [3.05, 3.63) is 59.7 Å². The summed E-state index contributed by atoms with van der Waals surface area (Å²) in [6, 6.07) is 17.0. The molecule has 0 radical (unpaired) electrons. The fourth-order valence-corrected chi connectivity index (χ4v) is 3.54. The zero-order chi connectivity index (χ0) is 19.8. The van der Waals surface area contributed by atoms with E-state index in [2.05, 4.69) is 48.3 Å². The summed E-state index contributed by atoms with van der Waals surface area (Å²) >= 11 is 0. The summed E-state index contributed by atoms with van der Waals surface area (Å²) in [5.74, 6) is 1.84. The fourth-order valence-electron chi connectivity index (χ4n) is 3.54. The second-order valence-electron chi connectivity index (χ2n) is 7.34. The standard InChI is InChI=1S/C23H32N2O3/c1-18(2)28-23-7-5-4-6-20(23)16-24-17-22(25-12-14-27-15-13-25)19-8-10-21(26-3)11-9-19/h4-11,18,22,24H,12-17H2,1-3H3. The zero-order valence-electron chi connectivity index (χ0n) is 17.2. The van der Waals surface area contributed by atoms with Gasteiger partial charge in [0.1, 0.15) is 11.5 Å². The number of hydrogen-bond donors (Lipinski definition) is 1. The lowest BCUT2D eigenvalue weighted by Gasteiger charge is -2.35. The summed E-state index contributed by atoms with van der Waals surface area (Å²) in [5.41, 5.74) is 2.48. The number of hydrogen-bond acceptors (Lipinski definition) is 5. The number of rotatable bonds is 9. The molecule has 1 atom stereocenters. The van der Waals surface area contributed by atoms with Crippen molar-refractivity contribution in [1.29, 1.82) is 0 Å². The van der Waals surface area contributed by atoms with Crippen LogP contribution in [0.3, 0.4) is 0 Å². The minimum absolute atomic E-state index is 0.168. The summed E-state index contributed by atoms with van der Waals surface area (Å²) in [6.45, 7) is 9.24. The predicted octanol–water partition coefficient (Wildman–Crippen LogP) is 3.65. The van der Waals surface area contributed by atoms with Crippen LogP contribution in [0.4, 0.5) is 0 Å². The number of morpholine rings is 1. The van der Waals surface area contributed by atoms with Gasteiger partial charge in [-0.3, -0.25) is 4.90 Å². The molecule has 0 saturated carbocycles. The molecule has 1 aliphatic heterocycles. The first-order chi connectivity index (χ1) is 13.7. The van der Waals surface area contributed by atoms with E-state index in [4.69, 9.17) is 14.2 Å². The van der Waals surface area contributed by atoms with Crippen molar-refractivity contribution in [3.8, 4) is 11.5 Å². The lowest BCUT2D eigenvalue weighted by Crippen LogP contribution is -2.42. The Labute approximate surface area is 168 Å². The van der Waals surface area contributed by atoms with E-state index in [0.717, 1.165) is 50.9 Å². The minimum atomic E-state index is 0.168. The van der Waals surface area contributed by atoms with E-state index in [1.807, 2.05) is 24.3 Å². The van der Waals surface area contributed by atoms with Gasteiger partial charge in [0.05, 0.1) is 26.4 Å². The van der Waals surface area contributed by atoms with Crippen molar-refractivity contribution in [1.82, 2.24) is 10.2 Å². The number of nitrogens with zero attached hydrogens (tertiary/aromatic N) is 1. The minimum Gasteiger partial charge on any atom is -0.497 e. The van der Waals surface area contributed by atoms with Crippen molar-refractivity contribution in [3.63, 3.8) is 0 Å². The molecule has 5 heteroatoms. The topological polar surface area (TPSA) is 43.0 Å². The molecule has 3 rings (SSSR count). The summed E-state index contributed by atoms with van der Waals surface area (Å²) < 4.78 is 16.8. The van der Waals surface area contributed by atoms with Crippen LogP contribution in [0.25, 0.3) is 0 Å². The van der Waals surface area contributed by atoms with Crippen LogP contribution in [0.2, 0.25) is 0 Å². The van der Waals surface area contributed by atoms with Gasteiger partial charge in [-0.2, -0.15) is 0 Å². The number of para-hydroxylation sites is 1. The van der Waals surface area contributed by atoms with Crippen molar-refractivity contribution < 1.29 is 14.2 Å². The predicted molar refractivity (Wildman–Crippen MR) is 112 cm³/mol. The average molecular weight is 385 g/mol. The van der Waals surface area contributed by atoms with Gasteiger partial charge < -0.3 is 19.5 Å². The maximum Gasteiger partial charge on any atom is 0.124 e. The highest BCUT2D eigenvalue weighted by Gasteiger charge is 2.22. The summed E-state index contributed by atoms with van der Waals surface area (Å²) in [7, 11) is 1.70. The van der Waals surface area contributed by atoms with Gasteiger partial charge in [-0.05, 0) is 37.6 Å². The van der Waals surface area contributed by atoms with E-state index in [1.54, 1.807) is 7.11 Å². The highest BCUT2D eigenvalue weighted by molar-refractivity contribution is 5.33. The molecule has 2 aromatic rings. The SMILES string of the molecule is COc1ccc(C(CNCc2ccccc2OC(C)C)N2CCOCC2)cc1. The number of ether oxygens (including phenoxy) is 3. The molecule has 28 heavy (non-hydrogen) atoms. The largest absolute Gasteiger partial charge is 0.497 e. The Bertz CT molecular complexity index is 712. The van der Waals surface area contributed by atoms with E-state index in [0.29, 0.717) is 6.04 Å². The second kappa shape index (κ2) is 10.5. The molecule has 152 valence electrons. The van der Waals surface area contributed by atoms with Gasteiger partial charge in [0.15, 0.2) is 0 Å². The fraction of sp³-hybridized carbons (Fsp3) is 0.478. The number of benzene rings is 2. The summed E-state index contributed by atoms with van der Waals surface area (Å²) in [4.78, 5) is 2.49. The van der Waals surface area contributed by atoms with Crippen molar-refractivity contribution in [2.45, 2.75) is 32.5 Å². The molecule has 2 aromatic carbocycles. The van der Waals surface area contributed by atoms with Crippen LogP contribution in [-0.4, -0.2) is 51.0 Å². The van der Waals surface area contributed by atoms with Crippen LogP contribution in [0.5, 0.6) is 11.5 Å². The van der Waals surface area contributed by atoms with Crippen LogP contribution < -0.4 is 14.8 Å². The third-order valence-electron chi connectivity index (χ3n) is 4.98. The van der Waals surface area contributed by atoms with Crippen LogP contribution >= 0.6 is 0 Å². The van der Waals surface area contributed by atoms with Crippen LogP contribution in [0.1, 0.15) is 31.0 Å². The lowest BCUT2D eigenvalue weighted by atomic mass is 10.0. The summed E-state index contributed by atoms with van der Waals surface area (Å²) in [5, 5.41) is 3.65. The van der Waals surface area contributed by atoms with Gasteiger partial charge in [-0.15, -0.1) is 0 Å². The van der Waals surface area contributed by atoms with E-state index >= 15 is 0 Å². The first kappa shape index (κ1) is 20.6. The summed E-state index contributed by atoms with van der Waals surface area (Å²) in [6.07, 6.45) is 0.168. The average Bonchev–Trinajstić information content (AvgIpc) is 2.73. The van der Waals surface area contributed by atoms with Crippen molar-refractivity contribution in [2.75, 3.05) is 40.0 Å². The number of nitrogens with one attached hydrogen (secondary N) is 1. The molecular formula is C23H32N2O3. The van der Waals surface area contributed by atoms with Crippen molar-refractivity contribution in [2.24, 2.45) is 0 Å². The Kier molecular flexibility index (Phi) is 7.71. The van der Waals surface area contributed by atoms with Crippen LogP contribution in [-0.2, 0) is 11.3 Å². The van der Waals surface area contributed by atoms with Gasteiger partial charge in [0, 0.05) is 37.8 Å². The van der Waals surface area contributed by atoms with Gasteiger partial charge in [-0.1, -0.05) is 30.3 Å². The maximum atomic E-state index is 5.95. The van der Waals surface area contributed by atoms with Gasteiger partial charge in [0.25, 0.3) is 0 Å². The first-order valence-corrected chi connectivity index (χ1v) is 10.1. The van der Waals surface area contributed by atoms with Gasteiger partial charge in [0.2, 0.25) is 0 Å². The molecule has 0 aromatic heterocycles. The Morgan fingerprint density at radius 2 is 1.75 bits per heavy atom. The van der Waals surface area contributed by atoms with E-state index in [-0.39, 0.29) is 6.10 Å². The molecule has 1 fully saturated rings. The van der Waals surface area contributed by atoms with Crippen LogP contribution in [0.15, 0.2) is 48.5 Å². The Hall–Kier alpha value is -2.08. The smallest absolute Gasteiger partial charge is 0.124 e. The molecule has 0 amide bonds. The van der Waals surface area contributed by atoms with Crippen LogP contribution in [0, 0.1) is 0 Å². The Morgan fingerprint density at radius 1 is 1.04 bits per heavy atom. The monoisotopic (exact) mass is 384 g/mol. The first-order valence-electron chi connectivity index (χ1n) is 10.1.